The van der Waals surface area contributed by atoms with E-state index < -0.39 is 23.0 Å². The average Bonchev–Trinajstić information content (AvgIpc) is 2.36. The number of hydrogen-bond donors (Lipinski definition) is 1. The fraction of sp³-hybridized carbons (Fsp3) is 0.250. The van der Waals surface area contributed by atoms with Crippen molar-refractivity contribution in [2.45, 2.75) is 19.6 Å². The normalized spacial score (nSPS) is 11.7. The topological polar surface area (TPSA) is 67.8 Å². The van der Waals surface area contributed by atoms with Crippen LogP contribution in [0.4, 0.5) is 13.2 Å². The molecule has 0 aromatic carbocycles. The van der Waals surface area contributed by atoms with E-state index in [0.29, 0.717) is 6.20 Å². The highest BCUT2D eigenvalue weighted by molar-refractivity contribution is 6.31. The minimum absolute atomic E-state index is 0.0956. The minimum atomic E-state index is -4.54. The molecule has 0 amide bonds. The summed E-state index contributed by atoms with van der Waals surface area (Å²) in [5.41, 5.74) is -1.80. The van der Waals surface area contributed by atoms with Crippen molar-refractivity contribution >= 4 is 11.6 Å². The summed E-state index contributed by atoms with van der Waals surface area (Å²) >= 11 is 5.76. The molecule has 1 N–H and O–H groups in total. The van der Waals surface area contributed by atoms with Crippen molar-refractivity contribution in [1.29, 1.82) is 0 Å². The molecule has 0 bridgehead atoms. The molecular formula is C12H9ClF3N3O2. The van der Waals surface area contributed by atoms with Crippen molar-refractivity contribution in [3.8, 4) is 0 Å². The molecule has 0 saturated carbocycles. The molecule has 0 radical (unpaired) electrons. The SMILES string of the molecule is Cc1cn(Cc2ncc(C(F)(F)F)cc2Cl)c(=O)[nH]c1=O. The summed E-state index contributed by atoms with van der Waals surface area (Å²) in [6.07, 6.45) is -2.61. The van der Waals surface area contributed by atoms with Gasteiger partial charge in [0.25, 0.3) is 5.56 Å². The maximum atomic E-state index is 12.5. The number of H-pyrrole nitrogens is 1. The van der Waals surface area contributed by atoms with Gasteiger partial charge in [0.2, 0.25) is 0 Å². The summed E-state index contributed by atoms with van der Waals surface area (Å²) in [6, 6.07) is 0.744. The number of halogens is 4. The Hall–Kier alpha value is -2.09. The Labute approximate surface area is 121 Å². The van der Waals surface area contributed by atoms with Gasteiger partial charge in [0.15, 0.2) is 0 Å². The van der Waals surface area contributed by atoms with Gasteiger partial charge in [0.05, 0.1) is 22.8 Å². The van der Waals surface area contributed by atoms with Gasteiger partial charge in [-0.05, 0) is 13.0 Å². The number of aromatic nitrogens is 3. The van der Waals surface area contributed by atoms with Gasteiger partial charge in [-0.15, -0.1) is 0 Å². The largest absolute Gasteiger partial charge is 0.417 e. The maximum Gasteiger partial charge on any atom is 0.417 e. The Morgan fingerprint density at radius 2 is 2.05 bits per heavy atom. The van der Waals surface area contributed by atoms with Crippen molar-refractivity contribution in [1.82, 2.24) is 14.5 Å². The number of aryl methyl sites for hydroxylation is 1. The number of rotatable bonds is 2. The average molecular weight is 320 g/mol. The van der Waals surface area contributed by atoms with Crippen LogP contribution in [0, 0.1) is 6.92 Å². The van der Waals surface area contributed by atoms with Crippen molar-refractivity contribution in [2.24, 2.45) is 0 Å². The second-order valence-corrected chi connectivity index (χ2v) is 4.76. The third kappa shape index (κ3) is 3.33. The molecule has 0 saturated heterocycles. The molecule has 2 aromatic heterocycles. The van der Waals surface area contributed by atoms with Gasteiger partial charge in [-0.3, -0.25) is 19.3 Å². The zero-order valence-electron chi connectivity index (χ0n) is 10.7. The molecule has 2 heterocycles. The van der Waals surface area contributed by atoms with E-state index in [0.717, 1.165) is 10.6 Å². The molecule has 0 aliphatic heterocycles. The smallest absolute Gasteiger partial charge is 0.294 e. The first-order valence-electron chi connectivity index (χ1n) is 5.70. The predicted molar refractivity (Wildman–Crippen MR) is 69.4 cm³/mol. The third-order valence-electron chi connectivity index (χ3n) is 2.75. The maximum absolute atomic E-state index is 12.5. The summed E-state index contributed by atoms with van der Waals surface area (Å²) < 4.78 is 38.6. The first-order valence-corrected chi connectivity index (χ1v) is 6.08. The Kier molecular flexibility index (Phi) is 3.91. The van der Waals surface area contributed by atoms with E-state index in [4.69, 9.17) is 11.6 Å². The summed E-state index contributed by atoms with van der Waals surface area (Å²) in [5.74, 6) is 0. The molecule has 0 fully saturated rings. The summed E-state index contributed by atoms with van der Waals surface area (Å²) in [5, 5.41) is -0.208. The summed E-state index contributed by atoms with van der Waals surface area (Å²) in [4.78, 5) is 28.5. The second kappa shape index (κ2) is 5.36. The lowest BCUT2D eigenvalue weighted by atomic mass is 10.2. The Morgan fingerprint density at radius 1 is 1.38 bits per heavy atom. The first kappa shape index (κ1) is 15.3. The third-order valence-corrected chi connectivity index (χ3v) is 3.08. The van der Waals surface area contributed by atoms with Crippen LogP contribution in [0.25, 0.3) is 0 Å². The molecule has 112 valence electrons. The Balaban J connectivity index is 2.39. The van der Waals surface area contributed by atoms with E-state index in [2.05, 4.69) is 9.97 Å². The predicted octanol–water partition coefficient (Wildman–Crippen LogP) is 1.96. The Morgan fingerprint density at radius 3 is 2.62 bits per heavy atom. The second-order valence-electron chi connectivity index (χ2n) is 4.35. The van der Waals surface area contributed by atoms with Crippen LogP contribution in [0.1, 0.15) is 16.8 Å². The van der Waals surface area contributed by atoms with Crippen molar-refractivity contribution < 1.29 is 13.2 Å². The highest BCUT2D eigenvalue weighted by Gasteiger charge is 2.31. The molecule has 0 aliphatic carbocycles. The van der Waals surface area contributed by atoms with Crippen LogP contribution in [0.2, 0.25) is 5.02 Å². The number of aromatic amines is 1. The van der Waals surface area contributed by atoms with Crippen LogP contribution < -0.4 is 11.2 Å². The zero-order valence-corrected chi connectivity index (χ0v) is 11.4. The van der Waals surface area contributed by atoms with Crippen LogP contribution in [0.15, 0.2) is 28.0 Å². The van der Waals surface area contributed by atoms with Gasteiger partial charge in [0, 0.05) is 18.0 Å². The van der Waals surface area contributed by atoms with Crippen LogP contribution in [-0.4, -0.2) is 14.5 Å². The lowest BCUT2D eigenvalue weighted by molar-refractivity contribution is -0.137. The fourth-order valence-electron chi connectivity index (χ4n) is 1.63. The number of nitrogens with zero attached hydrogens (tertiary/aromatic N) is 2. The molecule has 9 heteroatoms. The van der Waals surface area contributed by atoms with Gasteiger partial charge in [-0.25, -0.2) is 4.79 Å². The van der Waals surface area contributed by atoms with Gasteiger partial charge in [-0.1, -0.05) is 11.6 Å². The van der Waals surface area contributed by atoms with Crippen LogP contribution in [0.3, 0.4) is 0 Å². The number of pyridine rings is 1. The summed E-state index contributed by atoms with van der Waals surface area (Å²) in [6.45, 7) is 1.35. The van der Waals surface area contributed by atoms with Gasteiger partial charge in [-0.2, -0.15) is 13.2 Å². The molecule has 2 rings (SSSR count). The van der Waals surface area contributed by atoms with Crippen LogP contribution in [0.5, 0.6) is 0 Å². The molecule has 21 heavy (non-hydrogen) atoms. The molecule has 0 unspecified atom stereocenters. The lowest BCUT2D eigenvalue weighted by Gasteiger charge is -2.10. The lowest BCUT2D eigenvalue weighted by Crippen LogP contribution is -2.31. The van der Waals surface area contributed by atoms with E-state index in [-0.39, 0.29) is 22.8 Å². The first-order chi connectivity index (χ1) is 9.68. The van der Waals surface area contributed by atoms with Gasteiger partial charge in [0.1, 0.15) is 0 Å². The summed E-state index contributed by atoms with van der Waals surface area (Å²) in [7, 11) is 0. The molecule has 5 nitrogen and oxygen atoms in total. The molecule has 0 atom stereocenters. The van der Waals surface area contributed by atoms with Crippen molar-refractivity contribution in [2.75, 3.05) is 0 Å². The Bertz CT molecular complexity index is 796. The van der Waals surface area contributed by atoms with E-state index in [1.54, 1.807) is 0 Å². The van der Waals surface area contributed by atoms with Crippen LogP contribution in [-0.2, 0) is 12.7 Å². The zero-order chi connectivity index (χ0) is 15.8. The number of alkyl halides is 3. The molecule has 0 aliphatic rings. The van der Waals surface area contributed by atoms with E-state index in [9.17, 15) is 22.8 Å². The van der Waals surface area contributed by atoms with E-state index in [1.165, 1.54) is 13.1 Å². The highest BCUT2D eigenvalue weighted by atomic mass is 35.5. The number of hydrogen-bond acceptors (Lipinski definition) is 3. The van der Waals surface area contributed by atoms with Crippen LogP contribution >= 0.6 is 11.6 Å². The monoisotopic (exact) mass is 319 g/mol. The molecule has 2 aromatic rings. The number of nitrogens with one attached hydrogen (secondary N) is 1. The van der Waals surface area contributed by atoms with Crippen molar-refractivity contribution in [3.63, 3.8) is 0 Å². The highest BCUT2D eigenvalue weighted by Crippen LogP contribution is 2.31. The van der Waals surface area contributed by atoms with Crippen molar-refractivity contribution in [3.05, 3.63) is 61.1 Å². The van der Waals surface area contributed by atoms with E-state index >= 15 is 0 Å². The minimum Gasteiger partial charge on any atom is -0.294 e. The van der Waals surface area contributed by atoms with E-state index in [1.807, 2.05) is 0 Å². The van der Waals surface area contributed by atoms with Gasteiger partial charge < -0.3 is 0 Å². The quantitative estimate of drug-likeness (QED) is 0.920. The van der Waals surface area contributed by atoms with Gasteiger partial charge >= 0.3 is 11.9 Å². The molecule has 0 spiro atoms. The molecular weight excluding hydrogens is 311 g/mol. The standard InChI is InChI=1S/C12H9ClF3N3O2/c1-6-4-19(11(21)18-10(6)20)5-9-8(13)2-7(3-17-9)12(14,15)16/h2-4H,5H2,1H3,(H,18,20,21). The fourth-order valence-corrected chi connectivity index (χ4v) is 1.86.